The number of anilines is 3. The van der Waals surface area contributed by atoms with Gasteiger partial charge >= 0.3 is 0 Å². The Hall–Kier alpha value is -9.56. The van der Waals surface area contributed by atoms with Gasteiger partial charge in [0.25, 0.3) is 0 Å². The van der Waals surface area contributed by atoms with Gasteiger partial charge in [0.05, 0.1) is 16.5 Å². The van der Waals surface area contributed by atoms with Crippen LogP contribution in [0.3, 0.4) is 0 Å². The zero-order valence-electron chi connectivity index (χ0n) is 41.4. The van der Waals surface area contributed by atoms with Gasteiger partial charge in [-0.25, -0.2) is 0 Å². The van der Waals surface area contributed by atoms with Crippen molar-refractivity contribution in [2.45, 2.75) is 10.8 Å². The third-order valence-electron chi connectivity index (χ3n) is 16.0. The second-order valence-electron chi connectivity index (χ2n) is 19.9. The Balaban J connectivity index is 0.949. The summed E-state index contributed by atoms with van der Waals surface area (Å²) in [5, 5.41) is 0. The van der Waals surface area contributed by atoms with E-state index in [2.05, 4.69) is 314 Å². The molecule has 0 bridgehead atoms. The summed E-state index contributed by atoms with van der Waals surface area (Å²) in [6.45, 7) is 0. The fourth-order valence-electron chi connectivity index (χ4n) is 12.8. The van der Waals surface area contributed by atoms with Crippen LogP contribution in [0.25, 0.3) is 55.6 Å². The number of para-hydroxylation sites is 1. The maximum atomic E-state index is 2.47. The number of nitrogens with zero attached hydrogens (tertiary/aromatic N) is 1. The highest BCUT2D eigenvalue weighted by atomic mass is 15.1. The number of rotatable bonds is 10. The van der Waals surface area contributed by atoms with E-state index in [9.17, 15) is 0 Å². The van der Waals surface area contributed by atoms with Crippen LogP contribution in [0.2, 0.25) is 0 Å². The molecule has 0 radical (unpaired) electrons. The van der Waals surface area contributed by atoms with Gasteiger partial charge in [0.2, 0.25) is 0 Å². The van der Waals surface area contributed by atoms with Crippen molar-refractivity contribution in [1.82, 2.24) is 0 Å². The molecule has 2 aliphatic rings. The third-order valence-corrected chi connectivity index (χ3v) is 16.0. The molecule has 0 unspecified atom stereocenters. The monoisotopic (exact) mass is 953 g/mol. The maximum Gasteiger partial charge on any atom is 0.0713 e. The Bertz CT molecular complexity index is 3950. The molecule has 12 aromatic carbocycles. The van der Waals surface area contributed by atoms with E-state index in [4.69, 9.17) is 0 Å². The Labute approximate surface area is 440 Å². The van der Waals surface area contributed by atoms with Gasteiger partial charge in [0, 0.05) is 16.9 Å². The Morgan fingerprint density at radius 3 is 1.17 bits per heavy atom. The van der Waals surface area contributed by atoms with E-state index < -0.39 is 10.8 Å². The molecule has 0 amide bonds. The van der Waals surface area contributed by atoms with Crippen molar-refractivity contribution in [3.8, 4) is 55.6 Å². The first-order chi connectivity index (χ1) is 37.2. The van der Waals surface area contributed by atoms with Crippen LogP contribution in [-0.4, -0.2) is 0 Å². The molecule has 14 rings (SSSR count). The molecule has 2 aliphatic carbocycles. The summed E-state index contributed by atoms with van der Waals surface area (Å²) in [5.74, 6) is 0. The number of hydrogen-bond acceptors (Lipinski definition) is 1. The Morgan fingerprint density at radius 2 is 0.587 bits per heavy atom. The molecule has 1 nitrogen and oxygen atoms in total. The normalized spacial score (nSPS) is 13.3. The third kappa shape index (κ3) is 7.00. The average molecular weight is 954 g/mol. The summed E-state index contributed by atoms with van der Waals surface area (Å²) < 4.78 is 0. The van der Waals surface area contributed by atoms with Crippen molar-refractivity contribution in [1.29, 1.82) is 0 Å². The van der Waals surface area contributed by atoms with E-state index in [1.165, 1.54) is 83.5 Å². The van der Waals surface area contributed by atoms with Crippen LogP contribution in [0.15, 0.2) is 309 Å². The summed E-state index contributed by atoms with van der Waals surface area (Å²) >= 11 is 0. The summed E-state index contributed by atoms with van der Waals surface area (Å²) in [6.07, 6.45) is 0. The van der Waals surface area contributed by atoms with Gasteiger partial charge in [-0.1, -0.05) is 267 Å². The van der Waals surface area contributed by atoms with Gasteiger partial charge in [0.1, 0.15) is 0 Å². The highest BCUT2D eigenvalue weighted by Gasteiger charge is 2.47. The van der Waals surface area contributed by atoms with Crippen LogP contribution in [0.1, 0.15) is 44.5 Å². The lowest BCUT2D eigenvalue weighted by atomic mass is 9.67. The van der Waals surface area contributed by atoms with E-state index in [0.717, 1.165) is 33.8 Å². The first-order valence-electron chi connectivity index (χ1n) is 26.1. The molecule has 0 heterocycles. The van der Waals surface area contributed by atoms with E-state index in [0.29, 0.717) is 0 Å². The summed E-state index contributed by atoms with van der Waals surface area (Å²) in [6, 6.07) is 114. The molecule has 75 heavy (non-hydrogen) atoms. The predicted octanol–water partition coefficient (Wildman–Crippen LogP) is 18.9. The molecule has 0 saturated heterocycles. The van der Waals surface area contributed by atoms with Gasteiger partial charge in [-0.05, 0) is 137 Å². The molecule has 0 aromatic heterocycles. The lowest BCUT2D eigenvalue weighted by molar-refractivity contribution is 0.768. The summed E-state index contributed by atoms with van der Waals surface area (Å²) in [7, 11) is 0. The van der Waals surface area contributed by atoms with Gasteiger partial charge < -0.3 is 4.90 Å². The highest BCUT2D eigenvalue weighted by Crippen LogP contribution is 2.59. The fourth-order valence-corrected chi connectivity index (χ4v) is 12.8. The van der Waals surface area contributed by atoms with Gasteiger partial charge in [-0.15, -0.1) is 0 Å². The molecule has 0 fully saturated rings. The first-order valence-corrected chi connectivity index (χ1v) is 26.1. The SMILES string of the molecule is c1ccc(-c2cccc(-c3ccccc3N(c3ccc(-c4ccc5c(c4)C(c4ccccc4)(c4ccccc4)c4ccccc4-5)cc3)c3ccc4c(c3)-c3ccccc3C4(c3ccccc3)c3ccccc3)c2)cc1. The fraction of sp³-hybridized carbons (Fsp3) is 0.0270. The van der Waals surface area contributed by atoms with Crippen molar-refractivity contribution >= 4 is 17.1 Å². The van der Waals surface area contributed by atoms with E-state index in [1.54, 1.807) is 0 Å². The Kier molecular flexibility index (Phi) is 10.7. The molecule has 0 N–H and O–H groups in total. The molecule has 1 heteroatoms. The van der Waals surface area contributed by atoms with Gasteiger partial charge in [-0.2, -0.15) is 0 Å². The molecule has 352 valence electrons. The van der Waals surface area contributed by atoms with E-state index in [-0.39, 0.29) is 0 Å². The van der Waals surface area contributed by atoms with Crippen LogP contribution >= 0.6 is 0 Å². The molecule has 12 aromatic rings. The lowest BCUT2D eigenvalue weighted by Gasteiger charge is -2.34. The molecule has 0 saturated carbocycles. The number of benzene rings is 12. The average Bonchev–Trinajstić information content (AvgIpc) is 4.01. The Morgan fingerprint density at radius 1 is 0.200 bits per heavy atom. The first kappa shape index (κ1) is 44.2. The smallest absolute Gasteiger partial charge is 0.0713 e. The molecule has 0 spiro atoms. The van der Waals surface area contributed by atoms with Crippen molar-refractivity contribution in [2.75, 3.05) is 4.90 Å². The van der Waals surface area contributed by atoms with Crippen molar-refractivity contribution in [2.24, 2.45) is 0 Å². The maximum absolute atomic E-state index is 2.47. The molecule has 0 aliphatic heterocycles. The quantitative estimate of drug-likeness (QED) is 0.132. The molecular formula is C74H51N. The van der Waals surface area contributed by atoms with E-state index in [1.807, 2.05) is 0 Å². The van der Waals surface area contributed by atoms with Crippen molar-refractivity contribution in [3.63, 3.8) is 0 Å². The summed E-state index contributed by atoms with van der Waals surface area (Å²) in [4.78, 5) is 2.47. The second-order valence-corrected chi connectivity index (χ2v) is 19.9. The van der Waals surface area contributed by atoms with Gasteiger partial charge in [-0.3, -0.25) is 0 Å². The predicted molar refractivity (Wildman–Crippen MR) is 312 cm³/mol. The topological polar surface area (TPSA) is 3.24 Å². The second kappa shape index (κ2) is 18.2. The van der Waals surface area contributed by atoms with Crippen molar-refractivity contribution in [3.05, 3.63) is 354 Å². The summed E-state index contributed by atoms with van der Waals surface area (Å²) in [5.41, 5.74) is 24.6. The zero-order chi connectivity index (χ0) is 49.8. The molecular weight excluding hydrogens is 903 g/mol. The van der Waals surface area contributed by atoms with Crippen molar-refractivity contribution < 1.29 is 0 Å². The van der Waals surface area contributed by atoms with Crippen LogP contribution in [0.4, 0.5) is 17.1 Å². The zero-order valence-corrected chi connectivity index (χ0v) is 41.4. The highest BCUT2D eigenvalue weighted by molar-refractivity contribution is 5.94. The van der Waals surface area contributed by atoms with Crippen LogP contribution in [0, 0.1) is 0 Å². The standard InChI is InChI=1S/C74H51N/c1-6-23-52(24-7-1)54-25-22-26-56(49-54)63-35-18-21-40-72(63)75(62-46-48-70-67(51-62)65-37-17-20-39-69(65)73(70,57-27-8-2-9-28-57)58-29-10-3-11-30-58)61-44-41-53(42-45-61)55-43-47-66-64-36-16-19-38-68(64)74(71(66)50-55,59-31-12-4-13-32-59)60-33-14-5-15-34-60/h1-51H. The largest absolute Gasteiger partial charge is 0.310 e. The minimum Gasteiger partial charge on any atom is -0.310 e. The van der Waals surface area contributed by atoms with Crippen LogP contribution < -0.4 is 4.90 Å². The van der Waals surface area contributed by atoms with Crippen LogP contribution in [-0.2, 0) is 10.8 Å². The van der Waals surface area contributed by atoms with E-state index >= 15 is 0 Å². The lowest BCUT2D eigenvalue weighted by Crippen LogP contribution is -2.28. The molecule has 0 atom stereocenters. The minimum absolute atomic E-state index is 0.479. The van der Waals surface area contributed by atoms with Gasteiger partial charge in [0.15, 0.2) is 0 Å². The minimum atomic E-state index is -0.495. The number of fused-ring (bicyclic) bond motifs is 6. The number of hydrogen-bond donors (Lipinski definition) is 0. The van der Waals surface area contributed by atoms with Crippen LogP contribution in [0.5, 0.6) is 0 Å².